The number of hydrogen-bond acceptors (Lipinski definition) is 2. The second-order valence-electron chi connectivity index (χ2n) is 4.06. The molecule has 1 N–H and O–H groups in total. The summed E-state index contributed by atoms with van der Waals surface area (Å²) in [6.07, 6.45) is -4.68. The summed E-state index contributed by atoms with van der Waals surface area (Å²) in [6, 6.07) is 13.4. The van der Waals surface area contributed by atoms with Crippen LogP contribution < -0.4 is 10.1 Å². The second-order valence-corrected chi connectivity index (χ2v) is 4.97. The lowest BCUT2D eigenvalue weighted by atomic mass is 10.2. The van der Waals surface area contributed by atoms with Gasteiger partial charge in [-0.25, -0.2) is 0 Å². The normalized spacial score (nSPS) is 11.2. The molecule has 0 spiro atoms. The van der Waals surface area contributed by atoms with Gasteiger partial charge in [-0.15, -0.1) is 13.2 Å². The molecule has 2 aromatic rings. The zero-order valence-corrected chi connectivity index (χ0v) is 11.8. The first-order chi connectivity index (χ1) is 9.42. The minimum absolute atomic E-state index is 0.239. The van der Waals surface area contributed by atoms with Crippen LogP contribution in [0.15, 0.2) is 53.0 Å². The van der Waals surface area contributed by atoms with Gasteiger partial charge in [0.05, 0.1) is 0 Å². The highest BCUT2D eigenvalue weighted by Crippen LogP contribution is 2.25. The van der Waals surface area contributed by atoms with Crippen LogP contribution in [0.2, 0.25) is 0 Å². The number of hydrogen-bond donors (Lipinski definition) is 1. The van der Waals surface area contributed by atoms with E-state index in [-0.39, 0.29) is 5.75 Å². The Kier molecular flexibility index (Phi) is 4.54. The first kappa shape index (κ1) is 14.7. The highest BCUT2D eigenvalue weighted by Gasteiger charge is 2.31. The molecule has 106 valence electrons. The van der Waals surface area contributed by atoms with E-state index in [2.05, 4.69) is 26.0 Å². The minimum Gasteiger partial charge on any atom is -0.406 e. The van der Waals surface area contributed by atoms with E-state index in [1.54, 1.807) is 6.07 Å². The minimum atomic E-state index is -4.68. The third-order valence-corrected chi connectivity index (χ3v) is 2.95. The summed E-state index contributed by atoms with van der Waals surface area (Å²) < 4.78 is 41.2. The van der Waals surface area contributed by atoms with E-state index in [1.165, 1.54) is 18.2 Å². The van der Waals surface area contributed by atoms with Gasteiger partial charge in [-0.1, -0.05) is 34.1 Å². The number of benzene rings is 2. The fraction of sp³-hybridized carbons (Fsp3) is 0.143. The van der Waals surface area contributed by atoms with Crippen LogP contribution in [0, 0.1) is 0 Å². The summed E-state index contributed by atoms with van der Waals surface area (Å²) in [5.41, 5.74) is 1.58. The smallest absolute Gasteiger partial charge is 0.406 e. The standard InChI is InChI=1S/C14H11BrF3NO/c15-11-4-1-3-10(7-11)9-19-12-5-2-6-13(8-12)20-14(16,17)18/h1-8,19H,9H2. The van der Waals surface area contributed by atoms with Gasteiger partial charge < -0.3 is 10.1 Å². The van der Waals surface area contributed by atoms with Gasteiger partial charge in [-0.05, 0) is 29.8 Å². The van der Waals surface area contributed by atoms with Gasteiger partial charge in [-0.3, -0.25) is 0 Å². The van der Waals surface area contributed by atoms with E-state index in [0.717, 1.165) is 10.0 Å². The molecule has 0 saturated heterocycles. The Labute approximate surface area is 122 Å². The van der Waals surface area contributed by atoms with E-state index in [4.69, 9.17) is 0 Å². The Morgan fingerprint density at radius 2 is 1.80 bits per heavy atom. The van der Waals surface area contributed by atoms with Crippen molar-refractivity contribution in [3.8, 4) is 5.75 Å². The molecule has 6 heteroatoms. The highest BCUT2D eigenvalue weighted by atomic mass is 79.9. The lowest BCUT2D eigenvalue weighted by molar-refractivity contribution is -0.274. The van der Waals surface area contributed by atoms with E-state index < -0.39 is 6.36 Å². The summed E-state index contributed by atoms with van der Waals surface area (Å²) in [7, 11) is 0. The Bertz CT molecular complexity index is 587. The van der Waals surface area contributed by atoms with Crippen molar-refractivity contribution < 1.29 is 17.9 Å². The molecule has 0 aliphatic carbocycles. The van der Waals surface area contributed by atoms with Crippen molar-refractivity contribution in [3.05, 3.63) is 58.6 Å². The first-order valence-electron chi connectivity index (χ1n) is 5.76. The largest absolute Gasteiger partial charge is 0.573 e. The SMILES string of the molecule is FC(F)(F)Oc1cccc(NCc2cccc(Br)c2)c1. The van der Waals surface area contributed by atoms with Crippen molar-refractivity contribution >= 4 is 21.6 Å². The van der Waals surface area contributed by atoms with Gasteiger partial charge >= 0.3 is 6.36 Å². The number of halogens is 4. The fourth-order valence-electron chi connectivity index (χ4n) is 1.65. The van der Waals surface area contributed by atoms with Crippen LogP contribution in [0.25, 0.3) is 0 Å². The average Bonchev–Trinajstić information content (AvgIpc) is 2.35. The number of alkyl halides is 3. The molecule has 20 heavy (non-hydrogen) atoms. The molecule has 0 aliphatic rings. The monoisotopic (exact) mass is 345 g/mol. The lowest BCUT2D eigenvalue weighted by Crippen LogP contribution is -2.17. The molecular formula is C14H11BrF3NO. The first-order valence-corrected chi connectivity index (χ1v) is 6.56. The zero-order chi connectivity index (χ0) is 14.6. The maximum absolute atomic E-state index is 12.1. The van der Waals surface area contributed by atoms with E-state index in [0.29, 0.717) is 12.2 Å². The molecule has 0 heterocycles. The molecule has 0 amide bonds. The van der Waals surface area contributed by atoms with Gasteiger partial charge in [-0.2, -0.15) is 0 Å². The molecule has 0 aromatic heterocycles. The van der Waals surface area contributed by atoms with Gasteiger partial charge in [0.2, 0.25) is 0 Å². The third kappa shape index (κ3) is 4.77. The van der Waals surface area contributed by atoms with Crippen LogP contribution in [-0.4, -0.2) is 6.36 Å². The Morgan fingerprint density at radius 3 is 2.50 bits per heavy atom. The fourth-order valence-corrected chi connectivity index (χ4v) is 2.10. The van der Waals surface area contributed by atoms with Gasteiger partial charge in [0, 0.05) is 22.8 Å². The van der Waals surface area contributed by atoms with Crippen LogP contribution >= 0.6 is 15.9 Å². The van der Waals surface area contributed by atoms with Crippen LogP contribution in [-0.2, 0) is 6.54 Å². The van der Waals surface area contributed by atoms with Crippen LogP contribution in [0.1, 0.15) is 5.56 Å². The number of nitrogens with one attached hydrogen (secondary N) is 1. The van der Waals surface area contributed by atoms with Crippen molar-refractivity contribution in [2.45, 2.75) is 12.9 Å². The number of anilines is 1. The lowest BCUT2D eigenvalue weighted by Gasteiger charge is -2.11. The molecular weight excluding hydrogens is 335 g/mol. The molecule has 0 atom stereocenters. The zero-order valence-electron chi connectivity index (χ0n) is 10.2. The predicted molar refractivity (Wildman–Crippen MR) is 74.6 cm³/mol. The van der Waals surface area contributed by atoms with E-state index >= 15 is 0 Å². The van der Waals surface area contributed by atoms with E-state index in [9.17, 15) is 13.2 Å². The van der Waals surface area contributed by atoms with E-state index in [1.807, 2.05) is 24.3 Å². The van der Waals surface area contributed by atoms with Crippen molar-refractivity contribution in [1.82, 2.24) is 0 Å². The molecule has 0 unspecified atom stereocenters. The quantitative estimate of drug-likeness (QED) is 0.845. The second kappa shape index (κ2) is 6.17. The molecule has 0 fully saturated rings. The van der Waals surface area contributed by atoms with Crippen LogP contribution in [0.3, 0.4) is 0 Å². The van der Waals surface area contributed by atoms with Crippen molar-refractivity contribution in [3.63, 3.8) is 0 Å². The van der Waals surface area contributed by atoms with Crippen LogP contribution in [0.5, 0.6) is 5.75 Å². The van der Waals surface area contributed by atoms with Gasteiger partial charge in [0.15, 0.2) is 0 Å². The maximum atomic E-state index is 12.1. The topological polar surface area (TPSA) is 21.3 Å². The maximum Gasteiger partial charge on any atom is 0.573 e. The van der Waals surface area contributed by atoms with Gasteiger partial charge in [0.1, 0.15) is 5.75 Å². The molecule has 0 saturated carbocycles. The van der Waals surface area contributed by atoms with Crippen molar-refractivity contribution in [1.29, 1.82) is 0 Å². The predicted octanol–water partition coefficient (Wildman–Crippen LogP) is 4.96. The summed E-state index contributed by atoms with van der Waals surface area (Å²) in [5.74, 6) is -0.239. The third-order valence-electron chi connectivity index (χ3n) is 2.45. The molecule has 2 rings (SSSR count). The summed E-state index contributed by atoms with van der Waals surface area (Å²) >= 11 is 3.36. The number of rotatable bonds is 4. The molecule has 0 aliphatic heterocycles. The van der Waals surface area contributed by atoms with Crippen molar-refractivity contribution in [2.24, 2.45) is 0 Å². The molecule has 2 nitrogen and oxygen atoms in total. The summed E-state index contributed by atoms with van der Waals surface area (Å²) in [6.45, 7) is 0.509. The Morgan fingerprint density at radius 1 is 1.05 bits per heavy atom. The van der Waals surface area contributed by atoms with Crippen molar-refractivity contribution in [2.75, 3.05) is 5.32 Å². The molecule has 2 aromatic carbocycles. The molecule has 0 bridgehead atoms. The Hall–Kier alpha value is -1.69. The van der Waals surface area contributed by atoms with Crippen LogP contribution in [0.4, 0.5) is 18.9 Å². The highest BCUT2D eigenvalue weighted by molar-refractivity contribution is 9.10. The van der Waals surface area contributed by atoms with Gasteiger partial charge in [0.25, 0.3) is 0 Å². The summed E-state index contributed by atoms with van der Waals surface area (Å²) in [4.78, 5) is 0. The number of ether oxygens (including phenoxy) is 1. The Balaban J connectivity index is 2.01. The summed E-state index contributed by atoms with van der Waals surface area (Å²) in [5, 5.41) is 3.05. The molecule has 0 radical (unpaired) electrons. The average molecular weight is 346 g/mol.